The summed E-state index contributed by atoms with van der Waals surface area (Å²) >= 11 is 0. The first kappa shape index (κ1) is 16.1. The summed E-state index contributed by atoms with van der Waals surface area (Å²) < 4.78 is 0. The molecule has 0 bridgehead atoms. The van der Waals surface area contributed by atoms with E-state index in [1.165, 1.54) is 5.56 Å². The van der Waals surface area contributed by atoms with Crippen LogP contribution in [0.5, 0.6) is 0 Å². The van der Waals surface area contributed by atoms with Crippen LogP contribution in [0.4, 0.5) is 5.82 Å². The summed E-state index contributed by atoms with van der Waals surface area (Å²) in [4.78, 5) is 21.7. The molecule has 1 fully saturated rings. The van der Waals surface area contributed by atoms with Gasteiger partial charge in [-0.1, -0.05) is 30.3 Å². The number of hydrogen-bond acceptors (Lipinski definition) is 4. The minimum atomic E-state index is -0.0141. The van der Waals surface area contributed by atoms with Gasteiger partial charge in [0.1, 0.15) is 5.82 Å². The molecule has 1 amide bonds. The van der Waals surface area contributed by atoms with Gasteiger partial charge >= 0.3 is 0 Å². The first-order chi connectivity index (χ1) is 12.3. The number of nitrogens with one attached hydrogen (secondary N) is 1. The third-order valence-corrected chi connectivity index (χ3v) is 5.32. The van der Waals surface area contributed by atoms with Crippen molar-refractivity contribution in [3.05, 3.63) is 59.3 Å². The van der Waals surface area contributed by atoms with E-state index in [9.17, 15) is 4.79 Å². The quantitative estimate of drug-likeness (QED) is 0.932. The van der Waals surface area contributed by atoms with Crippen LogP contribution in [0.1, 0.15) is 27.9 Å². The molecule has 5 heteroatoms. The number of benzene rings is 1. The third kappa shape index (κ3) is 3.12. The van der Waals surface area contributed by atoms with E-state index in [0.29, 0.717) is 6.04 Å². The zero-order valence-corrected chi connectivity index (χ0v) is 14.6. The van der Waals surface area contributed by atoms with Crippen molar-refractivity contribution in [2.45, 2.75) is 25.4 Å². The van der Waals surface area contributed by atoms with Crippen molar-refractivity contribution in [3.63, 3.8) is 0 Å². The van der Waals surface area contributed by atoms with Gasteiger partial charge in [-0.15, -0.1) is 0 Å². The second-order valence-corrected chi connectivity index (χ2v) is 6.85. The van der Waals surface area contributed by atoms with Gasteiger partial charge < -0.3 is 10.2 Å². The van der Waals surface area contributed by atoms with Gasteiger partial charge in [0.25, 0.3) is 5.91 Å². The van der Waals surface area contributed by atoms with Crippen LogP contribution in [0.2, 0.25) is 0 Å². The largest absolute Gasteiger partial charge is 0.355 e. The zero-order valence-electron chi connectivity index (χ0n) is 14.6. The zero-order chi connectivity index (χ0) is 17.2. The van der Waals surface area contributed by atoms with Crippen molar-refractivity contribution in [1.82, 2.24) is 15.2 Å². The van der Waals surface area contributed by atoms with Gasteiger partial charge in [0, 0.05) is 56.6 Å². The lowest BCUT2D eigenvalue weighted by molar-refractivity contribution is 0.0961. The highest BCUT2D eigenvalue weighted by atomic mass is 16.1. The van der Waals surface area contributed by atoms with E-state index in [1.54, 1.807) is 13.2 Å². The third-order valence-electron chi connectivity index (χ3n) is 5.32. The van der Waals surface area contributed by atoms with Crippen LogP contribution in [0.15, 0.2) is 42.6 Å². The van der Waals surface area contributed by atoms with Gasteiger partial charge in [-0.25, -0.2) is 4.98 Å². The summed E-state index contributed by atoms with van der Waals surface area (Å²) in [5, 5.41) is 2.74. The molecule has 0 radical (unpaired) electrons. The number of piperazine rings is 1. The molecule has 1 N–H and O–H groups in total. The molecular formula is C20H24N4O. The second kappa shape index (κ2) is 6.84. The van der Waals surface area contributed by atoms with Crippen LogP contribution in [0.25, 0.3) is 0 Å². The molecule has 5 nitrogen and oxygen atoms in total. The maximum Gasteiger partial charge on any atom is 0.251 e. The molecule has 2 aromatic rings. The van der Waals surface area contributed by atoms with Crippen molar-refractivity contribution in [2.75, 3.05) is 31.6 Å². The lowest BCUT2D eigenvalue weighted by Gasteiger charge is -2.45. The van der Waals surface area contributed by atoms with E-state index in [0.717, 1.165) is 56.0 Å². The van der Waals surface area contributed by atoms with E-state index in [1.807, 2.05) is 6.07 Å². The fourth-order valence-corrected chi connectivity index (χ4v) is 4.06. The fraction of sp³-hybridized carbons (Fsp3) is 0.400. The van der Waals surface area contributed by atoms with Crippen LogP contribution in [-0.2, 0) is 13.0 Å². The molecule has 1 atom stereocenters. The molecule has 0 aliphatic carbocycles. The van der Waals surface area contributed by atoms with Crippen LogP contribution >= 0.6 is 0 Å². The highest BCUT2D eigenvalue weighted by molar-refractivity contribution is 5.96. The van der Waals surface area contributed by atoms with Gasteiger partial charge in [0.2, 0.25) is 0 Å². The number of aromatic nitrogens is 1. The molecule has 2 aliphatic heterocycles. The highest BCUT2D eigenvalue weighted by Gasteiger charge is 2.34. The molecule has 0 saturated carbocycles. The van der Waals surface area contributed by atoms with Crippen LogP contribution in [0.3, 0.4) is 0 Å². The Morgan fingerprint density at radius 2 is 2.08 bits per heavy atom. The Morgan fingerprint density at radius 1 is 1.24 bits per heavy atom. The van der Waals surface area contributed by atoms with Gasteiger partial charge in [-0.05, 0) is 24.5 Å². The van der Waals surface area contributed by atoms with Crippen molar-refractivity contribution < 1.29 is 4.79 Å². The van der Waals surface area contributed by atoms with Crippen molar-refractivity contribution >= 4 is 11.7 Å². The minimum Gasteiger partial charge on any atom is -0.355 e. The average molecular weight is 336 g/mol. The molecule has 0 spiro atoms. The summed E-state index contributed by atoms with van der Waals surface area (Å²) in [6.45, 7) is 4.05. The normalized spacial score (nSPS) is 19.9. The lowest BCUT2D eigenvalue weighted by atomic mass is 9.93. The van der Waals surface area contributed by atoms with Crippen LogP contribution in [-0.4, -0.2) is 48.5 Å². The van der Waals surface area contributed by atoms with Crippen molar-refractivity contribution in [2.24, 2.45) is 0 Å². The average Bonchev–Trinajstić information content (AvgIpc) is 2.67. The number of carbonyl (C=O) groups excluding carboxylic acids is 1. The van der Waals surface area contributed by atoms with E-state index in [2.05, 4.69) is 50.4 Å². The Bertz CT molecular complexity index is 762. The Hall–Kier alpha value is -2.40. The second-order valence-electron chi connectivity index (χ2n) is 6.85. The predicted octanol–water partition coefficient (Wildman–Crippen LogP) is 2.08. The van der Waals surface area contributed by atoms with Gasteiger partial charge in [-0.3, -0.25) is 9.69 Å². The van der Waals surface area contributed by atoms with Gasteiger partial charge in [0.05, 0.1) is 0 Å². The molecule has 2 aliphatic rings. The number of anilines is 1. The van der Waals surface area contributed by atoms with Crippen molar-refractivity contribution in [1.29, 1.82) is 0 Å². The number of rotatable bonds is 3. The fourth-order valence-electron chi connectivity index (χ4n) is 4.06. The SMILES string of the molecule is CNC(=O)c1ccnc2c1CCC1CN(Cc3ccccc3)CCN21. The Morgan fingerprint density at radius 3 is 2.88 bits per heavy atom. The van der Waals surface area contributed by atoms with Crippen LogP contribution in [0, 0.1) is 0 Å². The van der Waals surface area contributed by atoms with E-state index >= 15 is 0 Å². The standard InChI is InChI=1S/C20H24N4O/c1-21-20(25)18-9-10-22-19-17(18)8-7-16-14-23(11-12-24(16)19)13-15-5-3-2-4-6-15/h2-6,9-10,16H,7-8,11-14H2,1H3,(H,21,25). The number of nitrogens with zero attached hydrogens (tertiary/aromatic N) is 3. The van der Waals surface area contributed by atoms with E-state index in [-0.39, 0.29) is 5.91 Å². The molecule has 130 valence electrons. The van der Waals surface area contributed by atoms with Crippen LogP contribution < -0.4 is 10.2 Å². The maximum atomic E-state index is 12.1. The summed E-state index contributed by atoms with van der Waals surface area (Å²) in [5.74, 6) is 0.997. The Balaban J connectivity index is 1.52. The molecule has 3 heterocycles. The topological polar surface area (TPSA) is 48.5 Å². The molecule has 1 unspecified atom stereocenters. The molecule has 1 saturated heterocycles. The molecule has 25 heavy (non-hydrogen) atoms. The summed E-state index contributed by atoms with van der Waals surface area (Å²) in [6.07, 6.45) is 3.77. The molecular weight excluding hydrogens is 312 g/mol. The Labute approximate surface area is 148 Å². The summed E-state index contributed by atoms with van der Waals surface area (Å²) in [6, 6.07) is 13.0. The summed E-state index contributed by atoms with van der Waals surface area (Å²) in [5.41, 5.74) is 3.25. The Kier molecular flexibility index (Phi) is 4.40. The first-order valence-electron chi connectivity index (χ1n) is 8.99. The molecule has 1 aromatic carbocycles. The summed E-state index contributed by atoms with van der Waals surface area (Å²) in [7, 11) is 1.68. The smallest absolute Gasteiger partial charge is 0.251 e. The van der Waals surface area contributed by atoms with E-state index < -0.39 is 0 Å². The molecule has 4 rings (SSSR count). The first-order valence-corrected chi connectivity index (χ1v) is 8.99. The number of fused-ring (bicyclic) bond motifs is 3. The number of amides is 1. The predicted molar refractivity (Wildman–Crippen MR) is 98.8 cm³/mol. The lowest BCUT2D eigenvalue weighted by Crippen LogP contribution is -2.55. The molecule has 1 aromatic heterocycles. The van der Waals surface area contributed by atoms with Gasteiger partial charge in [-0.2, -0.15) is 0 Å². The number of carbonyl (C=O) groups is 1. The van der Waals surface area contributed by atoms with E-state index in [4.69, 9.17) is 0 Å². The monoisotopic (exact) mass is 336 g/mol. The highest BCUT2D eigenvalue weighted by Crippen LogP contribution is 2.33. The van der Waals surface area contributed by atoms with Crippen molar-refractivity contribution in [3.8, 4) is 0 Å². The number of pyridine rings is 1. The number of hydrogen-bond donors (Lipinski definition) is 1. The van der Waals surface area contributed by atoms with Gasteiger partial charge in [0.15, 0.2) is 0 Å². The maximum absolute atomic E-state index is 12.1. The minimum absolute atomic E-state index is 0.0141.